The van der Waals surface area contributed by atoms with E-state index in [2.05, 4.69) is 10.3 Å². The summed E-state index contributed by atoms with van der Waals surface area (Å²) in [5, 5.41) is 3.01. The highest BCUT2D eigenvalue weighted by Gasteiger charge is 2.16. The number of furan rings is 1. The fourth-order valence-corrected chi connectivity index (χ4v) is 2.15. The molecule has 2 aromatic rings. The number of H-pyrrole nitrogens is 1. The van der Waals surface area contributed by atoms with E-state index < -0.39 is 11.2 Å². The molecule has 0 radical (unpaired) electrons. The summed E-state index contributed by atoms with van der Waals surface area (Å²) in [6, 6.07) is 3.44. The minimum atomic E-state index is -0.528. The average Bonchev–Trinajstić information content (AvgIpc) is 2.86. The van der Waals surface area contributed by atoms with Crippen molar-refractivity contribution in [3.05, 3.63) is 44.5 Å². The van der Waals surface area contributed by atoms with Crippen molar-refractivity contribution in [3.63, 3.8) is 0 Å². The number of anilines is 2. The first-order valence-electron chi connectivity index (χ1n) is 6.89. The molecule has 7 nitrogen and oxygen atoms in total. The monoisotopic (exact) mass is 292 g/mol. The number of aryl methyl sites for hydroxylation is 1. The van der Waals surface area contributed by atoms with Crippen molar-refractivity contribution in [3.8, 4) is 0 Å². The van der Waals surface area contributed by atoms with Crippen molar-refractivity contribution in [2.24, 2.45) is 0 Å². The van der Waals surface area contributed by atoms with Crippen molar-refractivity contribution in [2.75, 3.05) is 11.1 Å². The molecule has 0 aliphatic rings. The van der Waals surface area contributed by atoms with E-state index in [0.29, 0.717) is 12.3 Å². The minimum Gasteiger partial charge on any atom is -0.464 e. The molecule has 0 spiro atoms. The first-order chi connectivity index (χ1) is 9.93. The van der Waals surface area contributed by atoms with Gasteiger partial charge in [0.1, 0.15) is 23.0 Å². The Labute approximate surface area is 121 Å². The molecule has 0 aliphatic heterocycles. The second-order valence-corrected chi connectivity index (χ2v) is 4.99. The lowest BCUT2D eigenvalue weighted by Crippen LogP contribution is -2.34. The van der Waals surface area contributed by atoms with Crippen molar-refractivity contribution in [1.82, 2.24) is 9.55 Å². The Balaban J connectivity index is 2.38. The number of hydrogen-bond donors (Lipinski definition) is 3. The third-order valence-corrected chi connectivity index (χ3v) is 3.24. The van der Waals surface area contributed by atoms with Crippen molar-refractivity contribution in [2.45, 2.75) is 39.8 Å². The zero-order valence-corrected chi connectivity index (χ0v) is 12.4. The van der Waals surface area contributed by atoms with Crippen LogP contribution in [0.25, 0.3) is 0 Å². The number of aromatic amines is 1. The van der Waals surface area contributed by atoms with Gasteiger partial charge in [0.2, 0.25) is 0 Å². The van der Waals surface area contributed by atoms with Crippen LogP contribution in [0.4, 0.5) is 11.5 Å². The van der Waals surface area contributed by atoms with Crippen LogP contribution in [-0.2, 0) is 6.54 Å². The summed E-state index contributed by atoms with van der Waals surface area (Å²) in [4.78, 5) is 26.0. The van der Waals surface area contributed by atoms with E-state index >= 15 is 0 Å². The molecule has 2 aromatic heterocycles. The van der Waals surface area contributed by atoms with Crippen molar-refractivity contribution in [1.29, 1.82) is 0 Å². The molecular formula is C14H20N4O3. The normalized spacial score (nSPS) is 12.3. The van der Waals surface area contributed by atoms with E-state index in [9.17, 15) is 9.59 Å². The first-order valence-corrected chi connectivity index (χ1v) is 6.89. The van der Waals surface area contributed by atoms with E-state index in [1.807, 2.05) is 32.9 Å². The molecule has 0 aliphatic carbocycles. The second kappa shape index (κ2) is 5.90. The van der Waals surface area contributed by atoms with Gasteiger partial charge in [-0.05, 0) is 32.4 Å². The molecule has 0 amide bonds. The summed E-state index contributed by atoms with van der Waals surface area (Å²) in [6.45, 7) is 6.08. The summed E-state index contributed by atoms with van der Waals surface area (Å²) in [5.74, 6) is 1.62. The van der Waals surface area contributed by atoms with Gasteiger partial charge in [0, 0.05) is 6.54 Å². The Morgan fingerprint density at radius 1 is 1.43 bits per heavy atom. The fourth-order valence-electron chi connectivity index (χ4n) is 2.15. The molecule has 0 aromatic carbocycles. The van der Waals surface area contributed by atoms with Crippen LogP contribution in [0.3, 0.4) is 0 Å². The lowest BCUT2D eigenvalue weighted by Gasteiger charge is -2.16. The van der Waals surface area contributed by atoms with Crippen LogP contribution in [0.1, 0.15) is 37.8 Å². The predicted molar refractivity (Wildman–Crippen MR) is 81.5 cm³/mol. The third-order valence-electron chi connectivity index (χ3n) is 3.24. The summed E-state index contributed by atoms with van der Waals surface area (Å²) in [6.07, 6.45) is 0.739. The number of aromatic nitrogens is 2. The standard InChI is InChI=1S/C14H20N4O3/c1-4-7-18-12(15)11(13(19)17-14(18)20)16-9(3)10-6-5-8(2)21-10/h5-6,9,16H,4,7,15H2,1-3H3,(H,17,19,20). The van der Waals surface area contributed by atoms with Gasteiger partial charge < -0.3 is 15.5 Å². The molecule has 1 unspecified atom stereocenters. The molecule has 4 N–H and O–H groups in total. The van der Waals surface area contributed by atoms with Gasteiger partial charge in [-0.15, -0.1) is 0 Å². The molecule has 2 rings (SSSR count). The molecule has 0 saturated carbocycles. The summed E-state index contributed by atoms with van der Waals surface area (Å²) in [5.41, 5.74) is 5.12. The third kappa shape index (κ3) is 3.01. The van der Waals surface area contributed by atoms with E-state index in [-0.39, 0.29) is 17.5 Å². The fraction of sp³-hybridized carbons (Fsp3) is 0.429. The second-order valence-electron chi connectivity index (χ2n) is 4.99. The van der Waals surface area contributed by atoms with Crippen LogP contribution in [0, 0.1) is 6.92 Å². The largest absolute Gasteiger partial charge is 0.464 e. The highest BCUT2D eigenvalue weighted by molar-refractivity contribution is 5.61. The van der Waals surface area contributed by atoms with E-state index in [1.165, 1.54) is 4.57 Å². The van der Waals surface area contributed by atoms with Crippen LogP contribution in [0.2, 0.25) is 0 Å². The average molecular weight is 292 g/mol. The molecule has 21 heavy (non-hydrogen) atoms. The lowest BCUT2D eigenvalue weighted by molar-refractivity contribution is 0.466. The quantitative estimate of drug-likeness (QED) is 0.776. The Kier molecular flexibility index (Phi) is 4.21. The van der Waals surface area contributed by atoms with E-state index in [1.54, 1.807) is 0 Å². The Bertz CT molecular complexity index is 741. The van der Waals surface area contributed by atoms with Gasteiger partial charge in [0.15, 0.2) is 0 Å². The molecule has 7 heteroatoms. The number of nitrogens with two attached hydrogens (primary N) is 1. The first kappa shape index (κ1) is 15.0. The number of nitrogens with one attached hydrogen (secondary N) is 2. The molecule has 0 fully saturated rings. The molecule has 1 atom stereocenters. The Morgan fingerprint density at radius 2 is 2.14 bits per heavy atom. The summed E-state index contributed by atoms with van der Waals surface area (Å²) in [7, 11) is 0. The minimum absolute atomic E-state index is 0.140. The van der Waals surface area contributed by atoms with Crippen LogP contribution >= 0.6 is 0 Å². The maximum absolute atomic E-state index is 11.9. The smallest absolute Gasteiger partial charge is 0.330 e. The Morgan fingerprint density at radius 3 is 2.71 bits per heavy atom. The highest BCUT2D eigenvalue weighted by Crippen LogP contribution is 2.21. The van der Waals surface area contributed by atoms with Gasteiger partial charge in [-0.1, -0.05) is 6.92 Å². The van der Waals surface area contributed by atoms with Gasteiger partial charge >= 0.3 is 5.69 Å². The van der Waals surface area contributed by atoms with Crippen LogP contribution in [0.15, 0.2) is 26.1 Å². The van der Waals surface area contributed by atoms with Crippen molar-refractivity contribution < 1.29 is 4.42 Å². The molecule has 0 bridgehead atoms. The van der Waals surface area contributed by atoms with Gasteiger partial charge in [-0.3, -0.25) is 14.3 Å². The molecule has 114 valence electrons. The van der Waals surface area contributed by atoms with Gasteiger partial charge in [0.05, 0.1) is 6.04 Å². The number of hydrogen-bond acceptors (Lipinski definition) is 5. The zero-order chi connectivity index (χ0) is 15.6. The van der Waals surface area contributed by atoms with Gasteiger partial charge in [-0.2, -0.15) is 0 Å². The highest BCUT2D eigenvalue weighted by atomic mass is 16.3. The predicted octanol–water partition coefficient (Wildman–Crippen LogP) is 1.60. The SMILES string of the molecule is CCCn1c(N)c(NC(C)c2ccc(C)o2)c(=O)[nH]c1=O. The topological polar surface area (TPSA) is 106 Å². The van der Waals surface area contributed by atoms with Crippen molar-refractivity contribution >= 4 is 11.5 Å². The molecule has 0 saturated heterocycles. The number of nitrogen functional groups attached to an aromatic ring is 1. The van der Waals surface area contributed by atoms with Gasteiger partial charge in [-0.25, -0.2) is 4.79 Å². The lowest BCUT2D eigenvalue weighted by atomic mass is 10.2. The van der Waals surface area contributed by atoms with Crippen LogP contribution < -0.4 is 22.3 Å². The molecule has 2 heterocycles. The maximum atomic E-state index is 11.9. The van der Waals surface area contributed by atoms with Gasteiger partial charge in [0.25, 0.3) is 5.56 Å². The van der Waals surface area contributed by atoms with E-state index in [0.717, 1.165) is 12.2 Å². The Hall–Kier alpha value is -2.44. The summed E-state index contributed by atoms with van der Waals surface area (Å²) < 4.78 is 6.87. The van der Waals surface area contributed by atoms with Crippen LogP contribution in [0.5, 0.6) is 0 Å². The zero-order valence-electron chi connectivity index (χ0n) is 12.4. The summed E-state index contributed by atoms with van der Waals surface area (Å²) >= 11 is 0. The number of rotatable bonds is 5. The maximum Gasteiger partial charge on any atom is 0.330 e. The van der Waals surface area contributed by atoms with Crippen LogP contribution in [-0.4, -0.2) is 9.55 Å². The number of nitrogens with zero attached hydrogens (tertiary/aromatic N) is 1. The van der Waals surface area contributed by atoms with E-state index in [4.69, 9.17) is 10.2 Å². The molecular weight excluding hydrogens is 272 g/mol.